The molecule has 1 saturated heterocycles. The molecular weight excluding hydrogens is 442 g/mol. The molecule has 178 valence electrons. The van der Waals surface area contributed by atoms with Crippen LogP contribution in [0, 0.1) is 25.7 Å². The lowest BCUT2D eigenvalue weighted by molar-refractivity contribution is -0.126. The van der Waals surface area contributed by atoms with Crippen LogP contribution >= 0.6 is 11.6 Å². The van der Waals surface area contributed by atoms with Crippen molar-refractivity contribution in [3.63, 3.8) is 0 Å². The molecule has 1 fully saturated rings. The first kappa shape index (κ1) is 24.8. The van der Waals surface area contributed by atoms with E-state index >= 15 is 0 Å². The SMILES string of the molecule is CCOC(=O)c1c(C)[nH]c(C(=O)N2CCC([C@@H](C)C(=O)NCc3cccc(Cl)c3)CC2)c1C. The maximum Gasteiger partial charge on any atom is 0.340 e. The minimum absolute atomic E-state index is 0.00895. The lowest BCUT2D eigenvalue weighted by atomic mass is 9.84. The number of hydrogen-bond donors (Lipinski definition) is 2. The van der Waals surface area contributed by atoms with E-state index in [0.29, 0.717) is 47.2 Å². The van der Waals surface area contributed by atoms with Crippen molar-refractivity contribution in [2.45, 2.75) is 47.1 Å². The van der Waals surface area contributed by atoms with E-state index < -0.39 is 5.97 Å². The van der Waals surface area contributed by atoms with E-state index in [2.05, 4.69) is 10.3 Å². The van der Waals surface area contributed by atoms with Gasteiger partial charge in [0.25, 0.3) is 5.91 Å². The number of benzene rings is 1. The third-order valence-corrected chi connectivity index (χ3v) is 6.67. The molecule has 1 atom stereocenters. The largest absolute Gasteiger partial charge is 0.462 e. The Kier molecular flexibility index (Phi) is 8.19. The first-order chi connectivity index (χ1) is 15.7. The van der Waals surface area contributed by atoms with Crippen molar-refractivity contribution in [2.24, 2.45) is 11.8 Å². The number of nitrogens with zero attached hydrogens (tertiary/aromatic N) is 1. The highest BCUT2D eigenvalue weighted by Gasteiger charge is 2.32. The molecule has 2 heterocycles. The number of rotatable bonds is 7. The molecule has 1 aliphatic rings. The first-order valence-electron chi connectivity index (χ1n) is 11.4. The average Bonchev–Trinajstić information content (AvgIpc) is 3.10. The van der Waals surface area contributed by atoms with Crippen molar-refractivity contribution < 1.29 is 19.1 Å². The summed E-state index contributed by atoms with van der Waals surface area (Å²) in [6, 6.07) is 7.44. The molecule has 0 saturated carbocycles. The predicted molar refractivity (Wildman–Crippen MR) is 127 cm³/mol. The van der Waals surface area contributed by atoms with Crippen LogP contribution in [0.25, 0.3) is 0 Å². The maximum atomic E-state index is 13.1. The molecular formula is C25H32ClN3O4. The van der Waals surface area contributed by atoms with Gasteiger partial charge in [0, 0.05) is 36.3 Å². The second-order valence-corrected chi connectivity index (χ2v) is 9.05. The number of aromatic nitrogens is 1. The summed E-state index contributed by atoms with van der Waals surface area (Å²) in [5.41, 5.74) is 3.07. The average molecular weight is 474 g/mol. The van der Waals surface area contributed by atoms with Crippen LogP contribution < -0.4 is 5.32 Å². The van der Waals surface area contributed by atoms with E-state index in [1.165, 1.54) is 0 Å². The van der Waals surface area contributed by atoms with Crippen molar-refractivity contribution in [1.29, 1.82) is 0 Å². The third kappa shape index (κ3) is 5.77. The molecule has 3 rings (SSSR count). The highest BCUT2D eigenvalue weighted by molar-refractivity contribution is 6.30. The van der Waals surface area contributed by atoms with E-state index in [0.717, 1.165) is 18.4 Å². The molecule has 8 heteroatoms. The zero-order valence-corrected chi connectivity index (χ0v) is 20.4. The van der Waals surface area contributed by atoms with Crippen molar-refractivity contribution in [3.8, 4) is 0 Å². The van der Waals surface area contributed by atoms with Gasteiger partial charge in [0.15, 0.2) is 0 Å². The molecule has 0 radical (unpaired) electrons. The van der Waals surface area contributed by atoms with E-state index in [9.17, 15) is 14.4 Å². The number of piperidine rings is 1. The molecule has 33 heavy (non-hydrogen) atoms. The second kappa shape index (κ2) is 10.9. The van der Waals surface area contributed by atoms with E-state index in [1.807, 2.05) is 25.1 Å². The zero-order chi connectivity index (χ0) is 24.1. The van der Waals surface area contributed by atoms with Gasteiger partial charge in [0.05, 0.1) is 12.2 Å². The molecule has 2 N–H and O–H groups in total. The molecule has 0 unspecified atom stereocenters. The summed E-state index contributed by atoms with van der Waals surface area (Å²) < 4.78 is 5.12. The molecule has 0 spiro atoms. The quantitative estimate of drug-likeness (QED) is 0.587. The molecule has 1 aromatic carbocycles. The van der Waals surface area contributed by atoms with Crippen LogP contribution in [0.15, 0.2) is 24.3 Å². The Morgan fingerprint density at radius 2 is 1.94 bits per heavy atom. The Labute approximate surface area is 199 Å². The van der Waals surface area contributed by atoms with Crippen LogP contribution in [-0.2, 0) is 16.1 Å². The van der Waals surface area contributed by atoms with Gasteiger partial charge in [0.2, 0.25) is 5.91 Å². The van der Waals surface area contributed by atoms with Gasteiger partial charge in [-0.25, -0.2) is 4.79 Å². The maximum absolute atomic E-state index is 13.1. The summed E-state index contributed by atoms with van der Waals surface area (Å²) >= 11 is 6.01. The fourth-order valence-electron chi connectivity index (χ4n) is 4.45. The van der Waals surface area contributed by atoms with Gasteiger partial charge in [-0.05, 0) is 62.8 Å². The van der Waals surface area contributed by atoms with Gasteiger partial charge in [-0.3, -0.25) is 9.59 Å². The number of aryl methyl sites for hydroxylation is 1. The van der Waals surface area contributed by atoms with Crippen molar-refractivity contribution in [1.82, 2.24) is 15.2 Å². The van der Waals surface area contributed by atoms with Gasteiger partial charge < -0.3 is 19.9 Å². The minimum Gasteiger partial charge on any atom is -0.462 e. The Hall–Kier alpha value is -2.80. The number of hydrogen-bond acceptors (Lipinski definition) is 4. The second-order valence-electron chi connectivity index (χ2n) is 8.61. The number of carbonyl (C=O) groups is 3. The molecule has 7 nitrogen and oxygen atoms in total. The monoisotopic (exact) mass is 473 g/mol. The molecule has 2 amide bonds. The van der Waals surface area contributed by atoms with E-state index in [1.54, 1.807) is 31.7 Å². The number of amides is 2. The number of halogens is 1. The molecule has 1 aliphatic heterocycles. The van der Waals surface area contributed by atoms with Gasteiger partial charge in [-0.1, -0.05) is 30.7 Å². The van der Waals surface area contributed by atoms with Crippen LogP contribution in [0.2, 0.25) is 5.02 Å². The lowest BCUT2D eigenvalue weighted by Crippen LogP contribution is -2.42. The highest BCUT2D eigenvalue weighted by Crippen LogP contribution is 2.27. The van der Waals surface area contributed by atoms with Crippen LogP contribution in [-0.4, -0.2) is 47.4 Å². The topological polar surface area (TPSA) is 91.5 Å². The van der Waals surface area contributed by atoms with Gasteiger partial charge >= 0.3 is 5.97 Å². The smallest absolute Gasteiger partial charge is 0.340 e. The third-order valence-electron chi connectivity index (χ3n) is 6.43. The van der Waals surface area contributed by atoms with Crippen LogP contribution in [0.1, 0.15) is 64.4 Å². The summed E-state index contributed by atoms with van der Waals surface area (Å²) in [6.07, 6.45) is 1.50. The van der Waals surface area contributed by atoms with Gasteiger partial charge in [-0.15, -0.1) is 0 Å². The lowest BCUT2D eigenvalue weighted by Gasteiger charge is -2.34. The Morgan fingerprint density at radius 1 is 1.24 bits per heavy atom. The van der Waals surface area contributed by atoms with Crippen LogP contribution in [0.5, 0.6) is 0 Å². The number of esters is 1. The molecule has 0 bridgehead atoms. The standard InChI is InChI=1S/C25H32ClN3O4/c1-5-33-25(32)21-16(3)22(28-17(21)4)24(31)29-11-9-19(10-12-29)15(2)23(30)27-14-18-7-6-8-20(26)13-18/h6-8,13,15,19,28H,5,9-12,14H2,1-4H3,(H,27,30)/t15-/m1/s1. The first-order valence-corrected chi connectivity index (χ1v) is 11.8. The minimum atomic E-state index is -0.417. The summed E-state index contributed by atoms with van der Waals surface area (Å²) in [7, 11) is 0. The molecule has 1 aromatic heterocycles. The zero-order valence-electron chi connectivity index (χ0n) is 19.7. The van der Waals surface area contributed by atoms with Crippen molar-refractivity contribution >= 4 is 29.4 Å². The normalized spacial score (nSPS) is 15.2. The van der Waals surface area contributed by atoms with E-state index in [-0.39, 0.29) is 30.3 Å². The summed E-state index contributed by atoms with van der Waals surface area (Å²) in [4.78, 5) is 42.9. The molecule has 2 aromatic rings. The number of nitrogens with one attached hydrogen (secondary N) is 2. The highest BCUT2D eigenvalue weighted by atomic mass is 35.5. The number of ether oxygens (including phenoxy) is 1. The number of aromatic amines is 1. The molecule has 0 aliphatic carbocycles. The van der Waals surface area contributed by atoms with Gasteiger partial charge in [-0.2, -0.15) is 0 Å². The fourth-order valence-corrected chi connectivity index (χ4v) is 4.66. The van der Waals surface area contributed by atoms with Gasteiger partial charge in [0.1, 0.15) is 5.69 Å². The number of H-pyrrole nitrogens is 1. The predicted octanol–water partition coefficient (Wildman–Crippen LogP) is 4.27. The number of carbonyl (C=O) groups excluding carboxylic acids is 3. The summed E-state index contributed by atoms with van der Waals surface area (Å²) in [5.74, 6) is -0.474. The van der Waals surface area contributed by atoms with Crippen LogP contribution in [0.4, 0.5) is 0 Å². The Balaban J connectivity index is 1.56. The number of likely N-dealkylation sites (tertiary alicyclic amines) is 1. The van der Waals surface area contributed by atoms with E-state index in [4.69, 9.17) is 16.3 Å². The Morgan fingerprint density at radius 3 is 2.58 bits per heavy atom. The van der Waals surface area contributed by atoms with Crippen LogP contribution in [0.3, 0.4) is 0 Å². The Bertz CT molecular complexity index is 1020. The van der Waals surface area contributed by atoms with Crippen molar-refractivity contribution in [2.75, 3.05) is 19.7 Å². The fraction of sp³-hybridized carbons (Fsp3) is 0.480. The summed E-state index contributed by atoms with van der Waals surface area (Å²) in [5, 5.41) is 3.64. The summed E-state index contributed by atoms with van der Waals surface area (Å²) in [6.45, 7) is 9.10. The van der Waals surface area contributed by atoms with Crippen molar-refractivity contribution in [3.05, 3.63) is 57.4 Å².